The quantitative estimate of drug-likeness (QED) is 0.671. The number of carbonyl (C=O) groups is 2. The maximum absolute atomic E-state index is 10.8. The van der Waals surface area contributed by atoms with Crippen molar-refractivity contribution in [2.45, 2.75) is 13.8 Å². The molecule has 0 saturated heterocycles. The van der Waals surface area contributed by atoms with E-state index in [9.17, 15) is 9.59 Å². The van der Waals surface area contributed by atoms with Gasteiger partial charge in [-0.3, -0.25) is 9.59 Å². The van der Waals surface area contributed by atoms with Crippen molar-refractivity contribution >= 4 is 23.2 Å². The van der Waals surface area contributed by atoms with E-state index in [-0.39, 0.29) is 11.8 Å². The fourth-order valence-electron chi connectivity index (χ4n) is 1.32. The van der Waals surface area contributed by atoms with Gasteiger partial charge in [-0.1, -0.05) is 0 Å². The summed E-state index contributed by atoms with van der Waals surface area (Å²) in [6.07, 6.45) is 0. The van der Waals surface area contributed by atoms with Gasteiger partial charge in [0.25, 0.3) is 0 Å². The molecule has 0 bridgehead atoms. The Morgan fingerprint density at radius 3 is 2.06 bits per heavy atom. The largest absolute Gasteiger partial charge is 0.383 e. The maximum atomic E-state index is 10.8. The lowest BCUT2D eigenvalue weighted by Gasteiger charge is -2.08. The number of hydrogen-bond donors (Lipinski definition) is 3. The Balaban J connectivity index is 2.35. The molecule has 0 aromatic heterocycles. The Labute approximate surface area is 101 Å². The molecule has 0 unspecified atom stereocenters. The molecule has 5 nitrogen and oxygen atoms in total. The van der Waals surface area contributed by atoms with Crippen LogP contribution in [0.2, 0.25) is 0 Å². The van der Waals surface area contributed by atoms with Gasteiger partial charge in [0.05, 0.1) is 0 Å². The molecule has 0 spiro atoms. The second-order valence-electron chi connectivity index (χ2n) is 3.67. The molecule has 1 aromatic rings. The first-order valence-electron chi connectivity index (χ1n) is 5.44. The monoisotopic (exact) mass is 235 g/mol. The zero-order valence-corrected chi connectivity index (χ0v) is 10.0. The third-order valence-corrected chi connectivity index (χ3v) is 2.03. The van der Waals surface area contributed by atoms with Gasteiger partial charge in [-0.15, -0.1) is 0 Å². The van der Waals surface area contributed by atoms with E-state index < -0.39 is 0 Å². The van der Waals surface area contributed by atoms with Crippen LogP contribution in [-0.2, 0) is 9.59 Å². The van der Waals surface area contributed by atoms with Crippen LogP contribution in [0, 0.1) is 0 Å². The number of rotatable bonds is 5. The summed E-state index contributed by atoms with van der Waals surface area (Å²) in [6.45, 7) is 4.21. The first-order chi connectivity index (χ1) is 8.08. The van der Waals surface area contributed by atoms with Crippen molar-refractivity contribution < 1.29 is 9.59 Å². The molecule has 0 aliphatic heterocycles. The molecule has 0 radical (unpaired) electrons. The second kappa shape index (κ2) is 6.52. The van der Waals surface area contributed by atoms with Gasteiger partial charge in [-0.05, 0) is 24.3 Å². The van der Waals surface area contributed by atoms with Crippen LogP contribution in [0.1, 0.15) is 13.8 Å². The fraction of sp³-hybridized carbons (Fsp3) is 0.333. The molecule has 92 valence electrons. The summed E-state index contributed by atoms with van der Waals surface area (Å²) in [7, 11) is 0. The summed E-state index contributed by atoms with van der Waals surface area (Å²) >= 11 is 0. The Bertz CT molecular complexity index is 387. The first-order valence-corrected chi connectivity index (χ1v) is 5.44. The molecule has 2 amide bonds. The molecular weight excluding hydrogens is 218 g/mol. The number of hydrogen-bond acceptors (Lipinski definition) is 3. The topological polar surface area (TPSA) is 70.2 Å². The zero-order valence-electron chi connectivity index (χ0n) is 10.0. The molecule has 0 fully saturated rings. The molecule has 0 aliphatic carbocycles. The summed E-state index contributed by atoms with van der Waals surface area (Å²) in [5.74, 6) is -0.121. The van der Waals surface area contributed by atoms with E-state index in [0.717, 1.165) is 11.4 Å². The van der Waals surface area contributed by atoms with Crippen LogP contribution < -0.4 is 16.0 Å². The van der Waals surface area contributed by atoms with Crippen molar-refractivity contribution in [1.82, 2.24) is 5.32 Å². The van der Waals surface area contributed by atoms with Crippen molar-refractivity contribution in [3.8, 4) is 0 Å². The first kappa shape index (κ1) is 13.0. The lowest BCUT2D eigenvalue weighted by molar-refractivity contribution is -0.119. The Morgan fingerprint density at radius 1 is 0.941 bits per heavy atom. The van der Waals surface area contributed by atoms with Crippen molar-refractivity contribution in [3.05, 3.63) is 24.3 Å². The van der Waals surface area contributed by atoms with Crippen LogP contribution >= 0.6 is 0 Å². The van der Waals surface area contributed by atoms with Gasteiger partial charge in [-0.25, -0.2) is 0 Å². The minimum absolute atomic E-state index is 0.0344. The van der Waals surface area contributed by atoms with Gasteiger partial charge in [0, 0.05) is 38.3 Å². The SMILES string of the molecule is CC(=O)NCCNc1ccc(NC(C)=O)cc1. The Kier molecular flexibility index (Phi) is 5.00. The number of anilines is 2. The summed E-state index contributed by atoms with van der Waals surface area (Å²) < 4.78 is 0. The number of nitrogens with one attached hydrogen (secondary N) is 3. The molecule has 0 atom stereocenters. The van der Waals surface area contributed by atoms with E-state index in [1.54, 1.807) is 0 Å². The highest BCUT2D eigenvalue weighted by Crippen LogP contribution is 2.12. The highest BCUT2D eigenvalue weighted by atomic mass is 16.2. The summed E-state index contributed by atoms with van der Waals surface area (Å²) in [5.41, 5.74) is 1.72. The summed E-state index contributed by atoms with van der Waals surface area (Å²) in [5, 5.41) is 8.54. The molecule has 0 heterocycles. The van der Waals surface area contributed by atoms with Crippen LogP contribution in [0.25, 0.3) is 0 Å². The molecule has 17 heavy (non-hydrogen) atoms. The van der Waals surface area contributed by atoms with Crippen LogP contribution in [0.3, 0.4) is 0 Å². The van der Waals surface area contributed by atoms with E-state index in [1.165, 1.54) is 13.8 Å². The minimum Gasteiger partial charge on any atom is -0.383 e. The fourth-order valence-corrected chi connectivity index (χ4v) is 1.32. The zero-order chi connectivity index (χ0) is 12.7. The van der Waals surface area contributed by atoms with Gasteiger partial charge >= 0.3 is 0 Å². The lowest BCUT2D eigenvalue weighted by Crippen LogP contribution is -2.26. The lowest BCUT2D eigenvalue weighted by atomic mass is 10.2. The third kappa shape index (κ3) is 5.55. The third-order valence-electron chi connectivity index (χ3n) is 2.03. The van der Waals surface area contributed by atoms with Gasteiger partial charge in [0.1, 0.15) is 0 Å². The molecule has 1 aromatic carbocycles. The van der Waals surface area contributed by atoms with Crippen LogP contribution in [0.4, 0.5) is 11.4 Å². The van der Waals surface area contributed by atoms with Gasteiger partial charge in [0.15, 0.2) is 0 Å². The average molecular weight is 235 g/mol. The standard InChI is InChI=1S/C12H17N3O2/c1-9(16)13-7-8-14-11-3-5-12(6-4-11)15-10(2)17/h3-6,14H,7-8H2,1-2H3,(H,13,16)(H,15,17). The maximum Gasteiger partial charge on any atom is 0.221 e. The molecule has 5 heteroatoms. The van der Waals surface area contributed by atoms with Crippen LogP contribution in [0.15, 0.2) is 24.3 Å². The van der Waals surface area contributed by atoms with Crippen LogP contribution in [0.5, 0.6) is 0 Å². The predicted molar refractivity (Wildman–Crippen MR) is 67.9 cm³/mol. The molecule has 0 aliphatic rings. The second-order valence-corrected chi connectivity index (χ2v) is 3.67. The Morgan fingerprint density at radius 2 is 1.53 bits per heavy atom. The van der Waals surface area contributed by atoms with E-state index in [2.05, 4.69) is 16.0 Å². The molecule has 0 saturated carbocycles. The highest BCUT2D eigenvalue weighted by Gasteiger charge is 1.96. The number of benzene rings is 1. The van der Waals surface area contributed by atoms with E-state index in [1.807, 2.05) is 24.3 Å². The van der Waals surface area contributed by atoms with Gasteiger partial charge in [0.2, 0.25) is 11.8 Å². The van der Waals surface area contributed by atoms with E-state index in [0.29, 0.717) is 13.1 Å². The Hall–Kier alpha value is -2.04. The molecule has 3 N–H and O–H groups in total. The highest BCUT2D eigenvalue weighted by molar-refractivity contribution is 5.88. The van der Waals surface area contributed by atoms with Gasteiger partial charge < -0.3 is 16.0 Å². The molecular formula is C12H17N3O2. The van der Waals surface area contributed by atoms with Crippen molar-refractivity contribution in [1.29, 1.82) is 0 Å². The van der Waals surface area contributed by atoms with Crippen LogP contribution in [-0.4, -0.2) is 24.9 Å². The van der Waals surface area contributed by atoms with Crippen molar-refractivity contribution in [2.75, 3.05) is 23.7 Å². The molecule has 1 rings (SSSR count). The predicted octanol–water partition coefficient (Wildman–Crippen LogP) is 1.19. The smallest absolute Gasteiger partial charge is 0.221 e. The van der Waals surface area contributed by atoms with Gasteiger partial charge in [-0.2, -0.15) is 0 Å². The number of carbonyl (C=O) groups excluding carboxylic acids is 2. The normalized spacial score (nSPS) is 9.53. The summed E-state index contributed by atoms with van der Waals surface area (Å²) in [4.78, 5) is 21.4. The number of amides is 2. The summed E-state index contributed by atoms with van der Waals surface area (Å²) in [6, 6.07) is 7.39. The minimum atomic E-state index is -0.0867. The van der Waals surface area contributed by atoms with E-state index in [4.69, 9.17) is 0 Å². The van der Waals surface area contributed by atoms with Crippen molar-refractivity contribution in [2.24, 2.45) is 0 Å². The van der Waals surface area contributed by atoms with E-state index >= 15 is 0 Å². The average Bonchev–Trinajstić information content (AvgIpc) is 2.25. The van der Waals surface area contributed by atoms with Crippen molar-refractivity contribution in [3.63, 3.8) is 0 Å².